The van der Waals surface area contributed by atoms with Crippen molar-refractivity contribution in [2.75, 3.05) is 24.7 Å². The maximum absolute atomic E-state index is 13.7. The van der Waals surface area contributed by atoms with Crippen molar-refractivity contribution >= 4 is 39.1 Å². The number of carbonyl (C=O) groups excluding carboxylic acids is 2. The molecule has 2 bridgehead atoms. The number of thiazole rings is 1. The van der Waals surface area contributed by atoms with Gasteiger partial charge in [-0.15, -0.1) is 11.3 Å². The minimum Gasteiger partial charge on any atom is -0.370 e. The summed E-state index contributed by atoms with van der Waals surface area (Å²) >= 11 is 1.66. The molecule has 0 unspecified atom stereocenters. The highest BCUT2D eigenvalue weighted by molar-refractivity contribution is 7.18. The lowest BCUT2D eigenvalue weighted by Gasteiger charge is -2.54. The highest BCUT2D eigenvalue weighted by atomic mass is 32.1. The number of nitrogens with two attached hydrogens (primary N) is 1. The van der Waals surface area contributed by atoms with Gasteiger partial charge in [-0.3, -0.25) is 14.0 Å². The number of benzene rings is 3. The van der Waals surface area contributed by atoms with Crippen LogP contribution >= 0.6 is 11.3 Å². The van der Waals surface area contributed by atoms with E-state index in [1.165, 1.54) is 0 Å². The van der Waals surface area contributed by atoms with E-state index in [0.717, 1.165) is 63.3 Å². The molecule has 1 saturated carbocycles. The molecule has 0 spiro atoms. The zero-order chi connectivity index (χ0) is 29.5. The fraction of sp³-hybridized carbons (Fsp3) is 0.324. The van der Waals surface area contributed by atoms with Crippen LogP contribution in [0.25, 0.3) is 21.3 Å². The van der Waals surface area contributed by atoms with Crippen LogP contribution < -0.4 is 10.6 Å². The molecule has 2 saturated heterocycles. The number of ether oxygens (including phenoxy) is 1. The number of hydrogen-bond acceptors (Lipinski definition) is 5. The standard InChI is InChI=1S/C34H34FN3O3S/c1-22(12-17-35)32(40)38(28-5-3-4-25(18-28)26-8-11-29-30(19-26)42-23(2)37-29)20-33-13-15-34(16-14-33,41-21-33)27-9-6-24(7-10-27)31(36)39/h3-11,18-19H,1,12-17,20-21H2,2H3,(H2,36,39). The number of nitrogens with zero attached hydrogens (tertiary/aromatic N) is 2. The summed E-state index contributed by atoms with van der Waals surface area (Å²) in [4.78, 5) is 31.6. The van der Waals surface area contributed by atoms with E-state index in [2.05, 4.69) is 23.7 Å². The Kier molecular flexibility index (Phi) is 7.45. The second-order valence-corrected chi connectivity index (χ2v) is 12.9. The van der Waals surface area contributed by atoms with Crippen molar-refractivity contribution in [3.63, 3.8) is 0 Å². The number of aromatic nitrogens is 1. The molecule has 3 aromatic carbocycles. The minimum absolute atomic E-state index is 0.00430. The van der Waals surface area contributed by atoms with Crippen LogP contribution in [0, 0.1) is 12.3 Å². The molecule has 3 heterocycles. The van der Waals surface area contributed by atoms with Gasteiger partial charge in [0, 0.05) is 35.2 Å². The number of hydrogen-bond donors (Lipinski definition) is 1. The SMILES string of the molecule is C=C(CCF)C(=O)N(CC12CCC(c3ccc(C(N)=O)cc3)(CC1)OC2)c1cccc(-c2ccc3nc(C)sc3c2)c1. The Bertz CT molecular complexity index is 1650. The lowest BCUT2D eigenvalue weighted by atomic mass is 9.64. The van der Waals surface area contributed by atoms with E-state index in [4.69, 9.17) is 10.5 Å². The van der Waals surface area contributed by atoms with Crippen LogP contribution in [-0.2, 0) is 15.1 Å². The van der Waals surface area contributed by atoms with Crippen LogP contribution in [0.2, 0.25) is 0 Å². The van der Waals surface area contributed by atoms with Gasteiger partial charge < -0.3 is 15.4 Å². The van der Waals surface area contributed by atoms with Crippen molar-refractivity contribution < 1.29 is 18.7 Å². The predicted molar refractivity (Wildman–Crippen MR) is 165 cm³/mol. The molecule has 1 aliphatic carbocycles. The molecule has 3 aliphatic rings. The monoisotopic (exact) mass is 583 g/mol. The topological polar surface area (TPSA) is 85.5 Å². The summed E-state index contributed by atoms with van der Waals surface area (Å²) in [6, 6.07) is 21.6. The van der Waals surface area contributed by atoms with Gasteiger partial charge in [0.15, 0.2) is 0 Å². The summed E-state index contributed by atoms with van der Waals surface area (Å²) in [5, 5.41) is 1.02. The molecule has 0 radical (unpaired) electrons. The molecule has 4 aromatic rings. The molecular formula is C34H34FN3O3S. The van der Waals surface area contributed by atoms with Crippen LogP contribution in [0.15, 0.2) is 78.9 Å². The molecule has 3 fully saturated rings. The average Bonchev–Trinajstić information content (AvgIpc) is 3.40. The first-order chi connectivity index (χ1) is 20.2. The number of primary amides is 1. The normalized spacial score (nSPS) is 21.4. The highest BCUT2D eigenvalue weighted by Gasteiger charge is 2.51. The third-order valence-corrected chi connectivity index (χ3v) is 9.83. The lowest BCUT2D eigenvalue weighted by Crippen LogP contribution is -2.54. The van der Waals surface area contributed by atoms with Gasteiger partial charge in [0.05, 0.1) is 34.1 Å². The van der Waals surface area contributed by atoms with Crippen LogP contribution in [0.4, 0.5) is 10.1 Å². The van der Waals surface area contributed by atoms with Gasteiger partial charge in [-0.2, -0.15) is 0 Å². The molecule has 7 rings (SSSR count). The molecule has 2 aliphatic heterocycles. The van der Waals surface area contributed by atoms with E-state index in [9.17, 15) is 14.0 Å². The van der Waals surface area contributed by atoms with E-state index in [1.807, 2.05) is 49.4 Å². The van der Waals surface area contributed by atoms with Gasteiger partial charge in [0.2, 0.25) is 5.91 Å². The number of amides is 2. The van der Waals surface area contributed by atoms with E-state index >= 15 is 0 Å². The Morgan fingerprint density at radius 3 is 2.45 bits per heavy atom. The van der Waals surface area contributed by atoms with Gasteiger partial charge in [-0.05, 0) is 85.7 Å². The summed E-state index contributed by atoms with van der Waals surface area (Å²) in [6.45, 7) is 6.27. The number of rotatable bonds is 9. The fourth-order valence-corrected chi connectivity index (χ4v) is 7.24. The molecule has 8 heteroatoms. The highest BCUT2D eigenvalue weighted by Crippen LogP contribution is 2.54. The minimum atomic E-state index is -0.627. The van der Waals surface area contributed by atoms with Crippen molar-refractivity contribution in [3.8, 4) is 11.1 Å². The Hall–Kier alpha value is -3.88. The van der Waals surface area contributed by atoms with Crippen molar-refractivity contribution in [2.24, 2.45) is 11.1 Å². The van der Waals surface area contributed by atoms with Gasteiger partial charge in [-0.25, -0.2) is 4.98 Å². The first kappa shape index (κ1) is 28.2. The summed E-state index contributed by atoms with van der Waals surface area (Å²) < 4.78 is 21.0. The average molecular weight is 584 g/mol. The van der Waals surface area contributed by atoms with Crippen LogP contribution in [0.1, 0.15) is 53.0 Å². The lowest BCUT2D eigenvalue weighted by molar-refractivity contribution is -0.186. The smallest absolute Gasteiger partial charge is 0.253 e. The molecule has 0 atom stereocenters. The Morgan fingerprint density at radius 1 is 1.05 bits per heavy atom. The predicted octanol–water partition coefficient (Wildman–Crippen LogP) is 7.11. The van der Waals surface area contributed by atoms with Gasteiger partial charge in [-0.1, -0.05) is 36.9 Å². The third-order valence-electron chi connectivity index (χ3n) is 8.89. The first-order valence-electron chi connectivity index (χ1n) is 14.3. The number of halogens is 1. The number of anilines is 1. The third kappa shape index (κ3) is 5.25. The summed E-state index contributed by atoms with van der Waals surface area (Å²) in [5.41, 5.74) is 10.4. The van der Waals surface area contributed by atoms with E-state index in [0.29, 0.717) is 18.7 Å². The zero-order valence-electron chi connectivity index (χ0n) is 23.7. The summed E-state index contributed by atoms with van der Waals surface area (Å²) in [5.74, 6) is -0.703. The van der Waals surface area contributed by atoms with E-state index in [1.54, 1.807) is 28.4 Å². The van der Waals surface area contributed by atoms with Crippen molar-refractivity contribution in [3.05, 3.63) is 95.0 Å². The fourth-order valence-electron chi connectivity index (χ4n) is 6.38. The number of fused-ring (bicyclic) bond motifs is 4. The molecule has 2 amide bonds. The second kappa shape index (κ2) is 11.1. The summed E-state index contributed by atoms with van der Waals surface area (Å²) in [7, 11) is 0. The van der Waals surface area contributed by atoms with Gasteiger partial charge in [0.25, 0.3) is 5.91 Å². The molecule has 1 aromatic heterocycles. The molecule has 216 valence electrons. The number of alkyl halides is 1. The quantitative estimate of drug-likeness (QED) is 0.213. The maximum atomic E-state index is 13.7. The Labute approximate surface area is 249 Å². The molecule has 6 nitrogen and oxygen atoms in total. The van der Waals surface area contributed by atoms with Crippen LogP contribution in [0.3, 0.4) is 0 Å². The van der Waals surface area contributed by atoms with Crippen molar-refractivity contribution in [1.82, 2.24) is 4.98 Å². The maximum Gasteiger partial charge on any atom is 0.253 e. The van der Waals surface area contributed by atoms with E-state index in [-0.39, 0.29) is 23.3 Å². The molecule has 2 N–H and O–H groups in total. The van der Waals surface area contributed by atoms with Gasteiger partial charge >= 0.3 is 0 Å². The molecular weight excluding hydrogens is 549 g/mol. The largest absolute Gasteiger partial charge is 0.370 e. The number of carbonyl (C=O) groups is 2. The van der Waals surface area contributed by atoms with Crippen molar-refractivity contribution in [1.29, 1.82) is 0 Å². The second-order valence-electron chi connectivity index (χ2n) is 11.6. The zero-order valence-corrected chi connectivity index (χ0v) is 24.5. The van der Waals surface area contributed by atoms with E-state index < -0.39 is 18.2 Å². The first-order valence-corrected chi connectivity index (χ1v) is 15.1. The van der Waals surface area contributed by atoms with Crippen LogP contribution in [-0.4, -0.2) is 36.6 Å². The Morgan fingerprint density at radius 2 is 1.79 bits per heavy atom. The number of aryl methyl sites for hydroxylation is 1. The van der Waals surface area contributed by atoms with Crippen molar-refractivity contribution in [2.45, 2.75) is 44.6 Å². The van der Waals surface area contributed by atoms with Crippen LogP contribution in [0.5, 0.6) is 0 Å². The Balaban J connectivity index is 1.27. The van der Waals surface area contributed by atoms with Gasteiger partial charge in [0.1, 0.15) is 0 Å². The summed E-state index contributed by atoms with van der Waals surface area (Å²) in [6.07, 6.45) is 3.38. The molecule has 42 heavy (non-hydrogen) atoms.